The Morgan fingerprint density at radius 2 is 2.37 bits per heavy atom. The lowest BCUT2D eigenvalue weighted by atomic mass is 10.1. The first-order chi connectivity index (χ1) is 9.16. The van der Waals surface area contributed by atoms with Crippen molar-refractivity contribution in [1.82, 2.24) is 9.55 Å². The number of aliphatic hydroxyl groups is 1. The molecule has 3 rings (SSSR count). The number of aromatic nitrogens is 2. The van der Waals surface area contributed by atoms with Gasteiger partial charge in [0.25, 0.3) is 0 Å². The van der Waals surface area contributed by atoms with E-state index < -0.39 is 0 Å². The number of fused-ring (bicyclic) bond motifs is 1. The molecule has 0 bridgehead atoms. The molecule has 0 saturated carbocycles. The summed E-state index contributed by atoms with van der Waals surface area (Å²) >= 11 is 5.94. The molecule has 0 spiro atoms. The number of hydrogen-bond donors (Lipinski definition) is 1. The van der Waals surface area contributed by atoms with E-state index in [0.29, 0.717) is 11.8 Å². The van der Waals surface area contributed by atoms with Crippen LogP contribution in [0.5, 0.6) is 5.75 Å². The second-order valence-corrected chi connectivity index (χ2v) is 5.11. The average Bonchev–Trinajstić information content (AvgIpc) is 2.94. The summed E-state index contributed by atoms with van der Waals surface area (Å²) < 4.78 is 7.62. The highest BCUT2D eigenvalue weighted by Crippen LogP contribution is 2.36. The number of rotatable bonds is 3. The van der Waals surface area contributed by atoms with Crippen molar-refractivity contribution in [3.8, 4) is 5.75 Å². The number of imidazole rings is 1. The van der Waals surface area contributed by atoms with Crippen LogP contribution < -0.4 is 4.74 Å². The average molecular weight is 279 g/mol. The van der Waals surface area contributed by atoms with Crippen LogP contribution in [-0.4, -0.2) is 14.7 Å². The summed E-state index contributed by atoms with van der Waals surface area (Å²) in [6.07, 6.45) is 2.87. The van der Waals surface area contributed by atoms with E-state index in [2.05, 4.69) is 4.98 Å². The first-order valence-electron chi connectivity index (χ1n) is 6.25. The molecule has 1 aromatic carbocycles. The highest BCUT2D eigenvalue weighted by atomic mass is 35.5. The molecule has 1 N–H and O–H groups in total. The molecule has 1 aliphatic carbocycles. The summed E-state index contributed by atoms with van der Waals surface area (Å²) in [5.41, 5.74) is 2.09. The Morgan fingerprint density at radius 3 is 3.11 bits per heavy atom. The van der Waals surface area contributed by atoms with E-state index in [4.69, 9.17) is 16.3 Å². The van der Waals surface area contributed by atoms with Crippen LogP contribution in [0, 0.1) is 0 Å². The Morgan fingerprint density at radius 1 is 1.53 bits per heavy atom. The minimum Gasteiger partial charge on any atom is -0.485 e. The number of ether oxygens (including phenoxy) is 1. The Bertz CT molecular complexity index is 609. The van der Waals surface area contributed by atoms with Crippen molar-refractivity contribution < 1.29 is 9.84 Å². The molecule has 4 nitrogen and oxygen atoms in total. The third kappa shape index (κ3) is 2.22. The fraction of sp³-hybridized carbons (Fsp3) is 0.357. The lowest BCUT2D eigenvalue weighted by molar-refractivity contribution is 0.180. The molecular weight excluding hydrogens is 264 g/mol. The Balaban J connectivity index is 1.80. The van der Waals surface area contributed by atoms with Gasteiger partial charge in [-0.1, -0.05) is 23.7 Å². The van der Waals surface area contributed by atoms with Crippen molar-refractivity contribution in [1.29, 1.82) is 0 Å². The minimum absolute atomic E-state index is 0.360. The molecule has 1 unspecified atom stereocenters. The summed E-state index contributed by atoms with van der Waals surface area (Å²) in [5.74, 6) is 1.61. The van der Waals surface area contributed by atoms with E-state index in [-0.39, 0.29) is 6.10 Å². The SMILES string of the molecule is Cn1c(Cl)cnc1COc1cccc2c1CCC2O. The number of benzene rings is 1. The van der Waals surface area contributed by atoms with Crippen LogP contribution in [0.25, 0.3) is 0 Å². The maximum Gasteiger partial charge on any atom is 0.147 e. The summed E-state index contributed by atoms with van der Waals surface area (Å²) in [7, 11) is 1.85. The molecule has 5 heteroatoms. The number of aliphatic hydroxyl groups excluding tert-OH is 1. The van der Waals surface area contributed by atoms with Crippen molar-refractivity contribution in [2.75, 3.05) is 0 Å². The van der Waals surface area contributed by atoms with E-state index in [9.17, 15) is 5.11 Å². The lowest BCUT2D eigenvalue weighted by Crippen LogP contribution is -2.05. The molecule has 0 radical (unpaired) electrons. The first kappa shape index (κ1) is 12.5. The van der Waals surface area contributed by atoms with Gasteiger partial charge in [0, 0.05) is 12.6 Å². The fourth-order valence-electron chi connectivity index (χ4n) is 2.43. The van der Waals surface area contributed by atoms with Crippen LogP contribution in [-0.2, 0) is 20.1 Å². The predicted molar refractivity (Wildman–Crippen MR) is 72.3 cm³/mol. The van der Waals surface area contributed by atoms with Crippen molar-refractivity contribution in [2.45, 2.75) is 25.6 Å². The predicted octanol–water partition coefficient (Wildman–Crippen LogP) is 2.63. The number of nitrogens with zero attached hydrogens (tertiary/aromatic N) is 2. The maximum atomic E-state index is 9.85. The molecule has 0 saturated heterocycles. The highest BCUT2D eigenvalue weighted by molar-refractivity contribution is 6.29. The van der Waals surface area contributed by atoms with E-state index >= 15 is 0 Å². The Kier molecular flexibility index (Phi) is 3.21. The Labute approximate surface area is 116 Å². The van der Waals surface area contributed by atoms with Gasteiger partial charge >= 0.3 is 0 Å². The molecular formula is C14H15ClN2O2. The van der Waals surface area contributed by atoms with Gasteiger partial charge in [0.05, 0.1) is 12.3 Å². The monoisotopic (exact) mass is 278 g/mol. The molecule has 1 heterocycles. The van der Waals surface area contributed by atoms with E-state index in [1.807, 2.05) is 25.2 Å². The zero-order valence-corrected chi connectivity index (χ0v) is 11.4. The van der Waals surface area contributed by atoms with Gasteiger partial charge in [-0.15, -0.1) is 0 Å². The molecule has 1 aliphatic rings. The second-order valence-electron chi connectivity index (χ2n) is 4.72. The Hall–Kier alpha value is -1.52. The van der Waals surface area contributed by atoms with Gasteiger partial charge in [-0.25, -0.2) is 4.98 Å². The largest absolute Gasteiger partial charge is 0.485 e. The van der Waals surface area contributed by atoms with Gasteiger partial charge in [0.1, 0.15) is 23.3 Å². The normalized spacial score (nSPS) is 17.5. The molecule has 2 aromatic rings. The topological polar surface area (TPSA) is 47.3 Å². The third-order valence-electron chi connectivity index (χ3n) is 3.58. The zero-order chi connectivity index (χ0) is 13.4. The third-order valence-corrected chi connectivity index (χ3v) is 3.93. The van der Waals surface area contributed by atoms with Gasteiger partial charge < -0.3 is 14.4 Å². The van der Waals surface area contributed by atoms with Gasteiger partial charge in [0.15, 0.2) is 0 Å². The number of hydrogen-bond acceptors (Lipinski definition) is 3. The summed E-state index contributed by atoms with van der Waals surface area (Å²) in [6, 6.07) is 5.80. The van der Waals surface area contributed by atoms with Crippen LogP contribution in [0.4, 0.5) is 0 Å². The van der Waals surface area contributed by atoms with Crippen LogP contribution in [0.2, 0.25) is 5.15 Å². The van der Waals surface area contributed by atoms with Crippen molar-refractivity contribution in [2.24, 2.45) is 7.05 Å². The molecule has 0 aliphatic heterocycles. The molecule has 100 valence electrons. The minimum atomic E-state index is -0.360. The van der Waals surface area contributed by atoms with Crippen LogP contribution in [0.3, 0.4) is 0 Å². The molecule has 1 aromatic heterocycles. The standard InChI is InChI=1S/C14H15ClN2O2/c1-17-13(15)7-16-14(17)8-19-12-4-2-3-9-10(12)5-6-11(9)18/h2-4,7,11,18H,5-6,8H2,1H3. The van der Waals surface area contributed by atoms with E-state index in [1.165, 1.54) is 0 Å². The first-order valence-corrected chi connectivity index (χ1v) is 6.63. The van der Waals surface area contributed by atoms with Crippen LogP contribution >= 0.6 is 11.6 Å². The molecule has 0 fully saturated rings. The van der Waals surface area contributed by atoms with Crippen molar-refractivity contribution in [3.05, 3.63) is 46.5 Å². The smallest absolute Gasteiger partial charge is 0.147 e. The molecule has 1 atom stereocenters. The fourth-order valence-corrected chi connectivity index (χ4v) is 2.58. The van der Waals surface area contributed by atoms with Gasteiger partial charge in [-0.05, 0) is 24.5 Å². The maximum absolute atomic E-state index is 9.85. The van der Waals surface area contributed by atoms with Gasteiger partial charge in [-0.3, -0.25) is 0 Å². The van der Waals surface area contributed by atoms with Crippen molar-refractivity contribution in [3.63, 3.8) is 0 Å². The lowest BCUT2D eigenvalue weighted by Gasteiger charge is -2.11. The summed E-state index contributed by atoms with van der Waals surface area (Å²) in [6.45, 7) is 0.371. The number of halogens is 1. The zero-order valence-electron chi connectivity index (χ0n) is 10.6. The van der Waals surface area contributed by atoms with Crippen LogP contribution in [0.15, 0.2) is 24.4 Å². The summed E-state index contributed by atoms with van der Waals surface area (Å²) in [4.78, 5) is 4.20. The highest BCUT2D eigenvalue weighted by Gasteiger charge is 2.23. The van der Waals surface area contributed by atoms with E-state index in [0.717, 1.165) is 35.5 Å². The van der Waals surface area contributed by atoms with Crippen molar-refractivity contribution >= 4 is 11.6 Å². The quantitative estimate of drug-likeness (QED) is 0.939. The van der Waals surface area contributed by atoms with E-state index in [1.54, 1.807) is 10.8 Å². The second kappa shape index (κ2) is 4.87. The van der Waals surface area contributed by atoms with Gasteiger partial charge in [0.2, 0.25) is 0 Å². The summed E-state index contributed by atoms with van der Waals surface area (Å²) in [5, 5.41) is 10.4. The molecule has 19 heavy (non-hydrogen) atoms. The van der Waals surface area contributed by atoms with Crippen LogP contribution in [0.1, 0.15) is 29.5 Å². The van der Waals surface area contributed by atoms with Gasteiger partial charge in [-0.2, -0.15) is 0 Å². The molecule has 0 amide bonds.